The van der Waals surface area contributed by atoms with Gasteiger partial charge in [-0.25, -0.2) is 13.2 Å². The monoisotopic (exact) mass is 442 g/mol. The molecular formula is C28H33F3O. The first kappa shape index (κ1) is 22.9. The molecule has 32 heavy (non-hydrogen) atoms. The molecule has 4 rings (SSSR count). The van der Waals surface area contributed by atoms with Crippen molar-refractivity contribution in [2.24, 2.45) is 17.8 Å². The van der Waals surface area contributed by atoms with Crippen molar-refractivity contribution >= 4 is 0 Å². The number of fused-ring (bicyclic) bond motifs is 1. The zero-order valence-electron chi connectivity index (χ0n) is 19.0. The normalized spacial score (nSPS) is 25.7. The molecule has 0 aliphatic heterocycles. The van der Waals surface area contributed by atoms with Crippen LogP contribution >= 0.6 is 0 Å². The van der Waals surface area contributed by atoms with Crippen molar-refractivity contribution in [2.45, 2.75) is 64.2 Å². The molecule has 0 saturated heterocycles. The molecule has 0 N–H and O–H groups in total. The molecule has 2 aliphatic rings. The molecular weight excluding hydrogens is 409 g/mol. The molecule has 172 valence electrons. The Morgan fingerprint density at radius 1 is 0.906 bits per heavy atom. The third kappa shape index (κ3) is 4.89. The van der Waals surface area contributed by atoms with Crippen LogP contribution < -0.4 is 4.74 Å². The predicted octanol–water partition coefficient (Wildman–Crippen LogP) is 8.44. The highest BCUT2D eigenvalue weighted by Gasteiger charge is 2.35. The second-order valence-corrected chi connectivity index (χ2v) is 9.57. The Labute approximate surface area is 189 Å². The Balaban J connectivity index is 1.44. The Kier molecular flexibility index (Phi) is 7.27. The molecule has 1 nitrogen and oxygen atoms in total. The smallest absolute Gasteiger partial charge is 0.190 e. The lowest BCUT2D eigenvalue weighted by Crippen LogP contribution is -2.30. The number of ether oxygens (including phenoxy) is 1. The van der Waals surface area contributed by atoms with E-state index in [1.807, 2.05) is 6.07 Å². The highest BCUT2D eigenvalue weighted by atomic mass is 19.1. The van der Waals surface area contributed by atoms with E-state index in [0.717, 1.165) is 48.3 Å². The molecule has 0 aromatic heterocycles. The SMILES string of the molecule is C/C=C/CCC1CCC2CC(c3ccc(-c4cc(F)c(OC)c(F)c4)c(F)c3)CCC2C1. The quantitative estimate of drug-likeness (QED) is 0.408. The van der Waals surface area contributed by atoms with Crippen LogP contribution in [0.3, 0.4) is 0 Å². The fraction of sp³-hybridized carbons (Fsp3) is 0.500. The molecule has 2 aromatic carbocycles. The van der Waals surface area contributed by atoms with Crippen molar-refractivity contribution in [1.29, 1.82) is 0 Å². The summed E-state index contributed by atoms with van der Waals surface area (Å²) < 4.78 is 47.9. The van der Waals surface area contributed by atoms with Gasteiger partial charge in [0.25, 0.3) is 0 Å². The summed E-state index contributed by atoms with van der Waals surface area (Å²) in [7, 11) is 1.21. The molecule has 2 aliphatic carbocycles. The van der Waals surface area contributed by atoms with Gasteiger partial charge in [-0.2, -0.15) is 0 Å². The van der Waals surface area contributed by atoms with Crippen LogP contribution in [-0.4, -0.2) is 7.11 Å². The summed E-state index contributed by atoms with van der Waals surface area (Å²) in [5.74, 6) is 0.232. The summed E-state index contributed by atoms with van der Waals surface area (Å²) in [4.78, 5) is 0. The van der Waals surface area contributed by atoms with E-state index in [1.165, 1.54) is 45.6 Å². The molecule has 2 aromatic rings. The van der Waals surface area contributed by atoms with Crippen molar-refractivity contribution in [1.82, 2.24) is 0 Å². The number of benzene rings is 2. The highest BCUT2D eigenvalue weighted by molar-refractivity contribution is 5.66. The van der Waals surface area contributed by atoms with Crippen molar-refractivity contribution in [3.8, 4) is 16.9 Å². The van der Waals surface area contributed by atoms with E-state index >= 15 is 0 Å². The van der Waals surface area contributed by atoms with E-state index in [1.54, 1.807) is 12.1 Å². The Bertz CT molecular complexity index is 944. The highest BCUT2D eigenvalue weighted by Crippen LogP contribution is 2.48. The lowest BCUT2D eigenvalue weighted by molar-refractivity contribution is 0.115. The summed E-state index contributed by atoms with van der Waals surface area (Å²) >= 11 is 0. The van der Waals surface area contributed by atoms with Gasteiger partial charge in [-0.3, -0.25) is 0 Å². The van der Waals surface area contributed by atoms with Crippen LogP contribution in [-0.2, 0) is 0 Å². The fourth-order valence-electron chi connectivity index (χ4n) is 5.98. The Morgan fingerprint density at radius 3 is 2.31 bits per heavy atom. The first-order valence-corrected chi connectivity index (χ1v) is 11.9. The lowest BCUT2D eigenvalue weighted by atomic mass is 9.63. The van der Waals surface area contributed by atoms with Crippen LogP contribution in [0.25, 0.3) is 11.1 Å². The number of halogens is 3. The number of methoxy groups -OCH3 is 1. The lowest BCUT2D eigenvalue weighted by Gasteiger charge is -2.42. The first-order valence-electron chi connectivity index (χ1n) is 11.9. The Hall–Kier alpha value is -2.23. The summed E-state index contributed by atoms with van der Waals surface area (Å²) in [6, 6.07) is 7.42. The van der Waals surface area contributed by atoms with E-state index in [2.05, 4.69) is 19.1 Å². The minimum Gasteiger partial charge on any atom is -0.491 e. The number of rotatable bonds is 6. The van der Waals surface area contributed by atoms with Crippen LogP contribution in [0.2, 0.25) is 0 Å². The average Bonchev–Trinajstić information content (AvgIpc) is 2.78. The van der Waals surface area contributed by atoms with Crippen molar-refractivity contribution < 1.29 is 17.9 Å². The molecule has 0 bridgehead atoms. The predicted molar refractivity (Wildman–Crippen MR) is 123 cm³/mol. The third-order valence-electron chi connectivity index (χ3n) is 7.68. The standard InChI is InChI=1S/C28H33F3O/c1-3-4-5-6-18-7-8-20-14-21(10-9-19(20)13-18)22-11-12-24(25(29)15-22)23-16-26(30)28(32-2)27(31)17-23/h3-4,11-12,15-21H,5-10,13-14H2,1-2H3/b4-3+. The topological polar surface area (TPSA) is 9.23 Å². The second kappa shape index (κ2) is 10.1. The maximum atomic E-state index is 15.0. The van der Waals surface area contributed by atoms with Gasteiger partial charge >= 0.3 is 0 Å². The summed E-state index contributed by atoms with van der Waals surface area (Å²) in [5.41, 5.74) is 1.41. The van der Waals surface area contributed by atoms with Gasteiger partial charge in [0.15, 0.2) is 17.4 Å². The van der Waals surface area contributed by atoms with Crippen LogP contribution in [0, 0.1) is 35.2 Å². The van der Waals surface area contributed by atoms with Gasteiger partial charge in [0.1, 0.15) is 5.82 Å². The van der Waals surface area contributed by atoms with Crippen molar-refractivity contribution in [3.63, 3.8) is 0 Å². The maximum absolute atomic E-state index is 15.0. The average molecular weight is 443 g/mol. The van der Waals surface area contributed by atoms with Gasteiger partial charge in [-0.15, -0.1) is 0 Å². The van der Waals surface area contributed by atoms with Gasteiger partial charge in [0.05, 0.1) is 7.11 Å². The van der Waals surface area contributed by atoms with Crippen molar-refractivity contribution in [3.05, 3.63) is 65.5 Å². The fourth-order valence-corrected chi connectivity index (χ4v) is 5.98. The minimum absolute atomic E-state index is 0.185. The van der Waals surface area contributed by atoms with Crippen molar-refractivity contribution in [2.75, 3.05) is 7.11 Å². The van der Waals surface area contributed by atoms with E-state index in [4.69, 9.17) is 4.74 Å². The van der Waals surface area contributed by atoms with Crippen LogP contribution in [0.4, 0.5) is 13.2 Å². The maximum Gasteiger partial charge on any atom is 0.190 e. The number of allylic oxidation sites excluding steroid dienone is 2. The van der Waals surface area contributed by atoms with E-state index < -0.39 is 23.2 Å². The van der Waals surface area contributed by atoms with Crippen LogP contribution in [0.1, 0.15) is 69.8 Å². The third-order valence-corrected chi connectivity index (χ3v) is 7.68. The number of hydrogen-bond donors (Lipinski definition) is 0. The van der Waals surface area contributed by atoms with Gasteiger partial charge in [-0.1, -0.05) is 30.7 Å². The van der Waals surface area contributed by atoms with Gasteiger partial charge < -0.3 is 4.74 Å². The molecule has 0 heterocycles. The second-order valence-electron chi connectivity index (χ2n) is 9.57. The van der Waals surface area contributed by atoms with E-state index in [-0.39, 0.29) is 11.1 Å². The summed E-state index contributed by atoms with van der Waals surface area (Å²) in [6.45, 7) is 2.08. The van der Waals surface area contributed by atoms with Crippen LogP contribution in [0.15, 0.2) is 42.5 Å². The van der Waals surface area contributed by atoms with E-state index in [9.17, 15) is 13.2 Å². The zero-order valence-corrected chi connectivity index (χ0v) is 19.0. The molecule has 2 saturated carbocycles. The largest absolute Gasteiger partial charge is 0.491 e. The molecule has 4 unspecified atom stereocenters. The van der Waals surface area contributed by atoms with Gasteiger partial charge in [0, 0.05) is 5.56 Å². The van der Waals surface area contributed by atoms with E-state index in [0.29, 0.717) is 5.92 Å². The summed E-state index contributed by atoms with van der Waals surface area (Å²) in [5, 5.41) is 0. The molecule has 0 spiro atoms. The molecule has 4 atom stereocenters. The zero-order chi connectivity index (χ0) is 22.7. The van der Waals surface area contributed by atoms with Crippen LogP contribution in [0.5, 0.6) is 5.75 Å². The molecule has 2 fully saturated rings. The molecule has 4 heteroatoms. The summed E-state index contributed by atoms with van der Waals surface area (Å²) in [6.07, 6.45) is 14.3. The van der Waals surface area contributed by atoms with Gasteiger partial charge in [-0.05, 0) is 105 Å². The Morgan fingerprint density at radius 2 is 1.62 bits per heavy atom. The molecule has 0 amide bonds. The van der Waals surface area contributed by atoms with Gasteiger partial charge in [0.2, 0.25) is 0 Å². The number of hydrogen-bond acceptors (Lipinski definition) is 1. The molecule has 0 radical (unpaired) electrons. The first-order chi connectivity index (χ1) is 15.5. The minimum atomic E-state index is -0.828.